The van der Waals surface area contributed by atoms with Crippen molar-refractivity contribution in [2.75, 3.05) is 18.9 Å². The van der Waals surface area contributed by atoms with Crippen LogP contribution in [0.15, 0.2) is 44.3 Å². The van der Waals surface area contributed by atoms with E-state index in [2.05, 4.69) is 26.2 Å². The van der Waals surface area contributed by atoms with Crippen LogP contribution in [0.3, 0.4) is 0 Å². The predicted molar refractivity (Wildman–Crippen MR) is 83.5 cm³/mol. The molecule has 116 valence electrons. The van der Waals surface area contributed by atoms with Gasteiger partial charge in [0.15, 0.2) is 5.75 Å². The second-order valence-electron chi connectivity index (χ2n) is 4.68. The number of hydrogen-bond donors (Lipinski definition) is 2. The number of hydrogen-bond acceptors (Lipinski definition) is 6. The monoisotopic (exact) mass is 367 g/mol. The largest absolute Gasteiger partial charge is 0.502 e. The number of rotatable bonds is 5. The van der Waals surface area contributed by atoms with Crippen molar-refractivity contribution < 1.29 is 14.3 Å². The zero-order valence-corrected chi connectivity index (χ0v) is 13.3. The summed E-state index contributed by atoms with van der Waals surface area (Å²) in [6.45, 7) is 0.360. The van der Waals surface area contributed by atoms with E-state index in [0.29, 0.717) is 11.6 Å². The maximum Gasteiger partial charge on any atom is 0.239 e. The summed E-state index contributed by atoms with van der Waals surface area (Å²) < 4.78 is 5.91. The van der Waals surface area contributed by atoms with Crippen LogP contribution in [0, 0.1) is 0 Å². The third-order valence-electron chi connectivity index (χ3n) is 2.70. The Kier molecular flexibility index (Phi) is 5.29. The first-order chi connectivity index (χ1) is 10.4. The van der Waals surface area contributed by atoms with Gasteiger partial charge in [0.25, 0.3) is 0 Å². The summed E-state index contributed by atoms with van der Waals surface area (Å²) in [5, 5.41) is 11.8. The molecule has 0 saturated heterocycles. The van der Waals surface area contributed by atoms with Crippen molar-refractivity contribution in [3.63, 3.8) is 0 Å². The van der Waals surface area contributed by atoms with E-state index >= 15 is 0 Å². The van der Waals surface area contributed by atoms with E-state index in [0.717, 1.165) is 10.7 Å². The van der Waals surface area contributed by atoms with Crippen molar-refractivity contribution in [2.24, 2.45) is 0 Å². The molecular weight excluding hydrogens is 354 g/mol. The molecule has 0 aromatic carbocycles. The van der Waals surface area contributed by atoms with Gasteiger partial charge >= 0.3 is 0 Å². The van der Waals surface area contributed by atoms with Gasteiger partial charge in [-0.15, -0.1) is 0 Å². The second-order valence-corrected chi connectivity index (χ2v) is 5.59. The lowest BCUT2D eigenvalue weighted by Crippen LogP contribution is -2.30. The number of pyridine rings is 1. The summed E-state index contributed by atoms with van der Waals surface area (Å²) in [6, 6.07) is 4.65. The van der Waals surface area contributed by atoms with Crippen molar-refractivity contribution >= 4 is 27.7 Å². The zero-order valence-electron chi connectivity index (χ0n) is 11.7. The van der Waals surface area contributed by atoms with E-state index in [1.165, 1.54) is 6.07 Å². The highest BCUT2D eigenvalue weighted by Gasteiger charge is 2.10. The summed E-state index contributed by atoms with van der Waals surface area (Å²) in [4.78, 5) is 28.9. The first-order valence-electron chi connectivity index (χ1n) is 6.34. The minimum atomic E-state index is -0.516. The lowest BCUT2D eigenvalue weighted by Gasteiger charge is -2.15. The Morgan fingerprint density at radius 1 is 1.50 bits per heavy atom. The maximum absolute atomic E-state index is 11.9. The van der Waals surface area contributed by atoms with Crippen molar-refractivity contribution in [3.8, 4) is 5.75 Å². The highest BCUT2D eigenvalue weighted by molar-refractivity contribution is 9.10. The standard InChI is InChI=1S/C14H14BrN3O4/c1-18(6-10-4-11(19)12(20)8-22-10)7-14(21)17-13-3-2-9(15)5-16-13/h2-5,8,20H,6-7H2,1H3,(H,16,17,21). The Labute approximate surface area is 134 Å². The second kappa shape index (κ2) is 7.19. The molecule has 22 heavy (non-hydrogen) atoms. The van der Waals surface area contributed by atoms with Crippen LogP contribution in [0.25, 0.3) is 0 Å². The molecule has 0 saturated carbocycles. The average molecular weight is 368 g/mol. The number of likely N-dealkylation sites (N-methyl/N-ethyl adjacent to an activating group) is 1. The molecule has 0 radical (unpaired) electrons. The van der Waals surface area contributed by atoms with Crippen molar-refractivity contribution in [1.29, 1.82) is 0 Å². The lowest BCUT2D eigenvalue weighted by molar-refractivity contribution is -0.117. The number of aromatic nitrogens is 1. The normalized spacial score (nSPS) is 10.7. The average Bonchev–Trinajstić information content (AvgIpc) is 2.45. The molecule has 2 aromatic rings. The van der Waals surface area contributed by atoms with E-state index in [1.54, 1.807) is 30.3 Å². The van der Waals surface area contributed by atoms with Crippen LogP contribution in [0.5, 0.6) is 5.75 Å². The number of halogens is 1. The van der Waals surface area contributed by atoms with Crippen molar-refractivity contribution in [3.05, 3.63) is 51.1 Å². The van der Waals surface area contributed by atoms with Gasteiger partial charge in [0.05, 0.1) is 13.1 Å². The minimum absolute atomic E-state index is 0.0995. The van der Waals surface area contributed by atoms with E-state index in [4.69, 9.17) is 9.52 Å². The Morgan fingerprint density at radius 3 is 2.91 bits per heavy atom. The highest BCUT2D eigenvalue weighted by Crippen LogP contribution is 2.10. The summed E-state index contributed by atoms with van der Waals surface area (Å²) in [6.07, 6.45) is 2.57. The molecule has 0 spiro atoms. The molecule has 0 aliphatic heterocycles. The van der Waals surface area contributed by atoms with Crippen LogP contribution >= 0.6 is 15.9 Å². The van der Waals surface area contributed by atoms with E-state index in [-0.39, 0.29) is 19.0 Å². The van der Waals surface area contributed by atoms with Crippen LogP contribution < -0.4 is 10.7 Å². The predicted octanol–water partition coefficient (Wildman–Crippen LogP) is 1.57. The van der Waals surface area contributed by atoms with Gasteiger partial charge in [-0.2, -0.15) is 0 Å². The quantitative estimate of drug-likeness (QED) is 0.832. The fourth-order valence-corrected chi connectivity index (χ4v) is 1.96. The Balaban J connectivity index is 1.89. The molecule has 0 fully saturated rings. The van der Waals surface area contributed by atoms with Crippen LogP contribution in [0.2, 0.25) is 0 Å². The van der Waals surface area contributed by atoms with Gasteiger partial charge in [-0.3, -0.25) is 14.5 Å². The number of aromatic hydroxyl groups is 1. The first-order valence-corrected chi connectivity index (χ1v) is 7.14. The summed E-state index contributed by atoms with van der Waals surface area (Å²) in [5.41, 5.74) is -0.516. The third-order valence-corrected chi connectivity index (χ3v) is 3.17. The number of nitrogens with zero attached hydrogens (tertiary/aromatic N) is 2. The summed E-state index contributed by atoms with van der Waals surface area (Å²) in [7, 11) is 1.71. The molecule has 8 heteroatoms. The van der Waals surface area contributed by atoms with E-state index < -0.39 is 11.2 Å². The van der Waals surface area contributed by atoms with Crippen LogP contribution in [-0.4, -0.2) is 34.5 Å². The smallest absolute Gasteiger partial charge is 0.239 e. The molecule has 2 heterocycles. The summed E-state index contributed by atoms with van der Waals surface area (Å²) >= 11 is 3.26. The molecule has 0 atom stereocenters. The molecule has 2 aromatic heterocycles. The van der Waals surface area contributed by atoms with Crippen LogP contribution in [-0.2, 0) is 11.3 Å². The van der Waals surface area contributed by atoms with E-state index in [9.17, 15) is 9.59 Å². The van der Waals surface area contributed by atoms with Gasteiger partial charge in [0.2, 0.25) is 11.3 Å². The number of carbonyl (C=O) groups is 1. The van der Waals surface area contributed by atoms with Gasteiger partial charge in [0, 0.05) is 16.7 Å². The number of amides is 1. The molecule has 7 nitrogen and oxygen atoms in total. The number of anilines is 1. The van der Waals surface area contributed by atoms with Crippen molar-refractivity contribution in [2.45, 2.75) is 6.54 Å². The SMILES string of the molecule is CN(CC(=O)Nc1ccc(Br)cn1)Cc1cc(=O)c(O)co1. The maximum atomic E-state index is 11.9. The molecule has 0 aliphatic rings. The topological polar surface area (TPSA) is 95.7 Å². The van der Waals surface area contributed by atoms with Gasteiger partial charge in [-0.25, -0.2) is 4.98 Å². The number of nitrogens with one attached hydrogen (secondary N) is 1. The van der Waals surface area contributed by atoms with E-state index in [1.807, 2.05) is 0 Å². The van der Waals surface area contributed by atoms with Gasteiger partial charge in [-0.1, -0.05) is 0 Å². The van der Waals surface area contributed by atoms with Crippen LogP contribution in [0.1, 0.15) is 5.76 Å². The number of carbonyl (C=O) groups excluding carboxylic acids is 1. The lowest BCUT2D eigenvalue weighted by atomic mass is 10.3. The Bertz CT molecular complexity index is 715. The van der Waals surface area contributed by atoms with Crippen LogP contribution in [0.4, 0.5) is 5.82 Å². The molecule has 0 aliphatic carbocycles. The molecule has 2 rings (SSSR count). The first kappa shape index (κ1) is 16.2. The van der Waals surface area contributed by atoms with Gasteiger partial charge in [-0.05, 0) is 35.1 Å². The van der Waals surface area contributed by atoms with Crippen molar-refractivity contribution in [1.82, 2.24) is 9.88 Å². The molecule has 0 bridgehead atoms. The Hall–Kier alpha value is -2.19. The minimum Gasteiger partial charge on any atom is -0.502 e. The zero-order chi connectivity index (χ0) is 16.1. The van der Waals surface area contributed by atoms with Gasteiger partial charge in [0.1, 0.15) is 17.8 Å². The van der Waals surface area contributed by atoms with Gasteiger partial charge < -0.3 is 14.8 Å². The molecular formula is C14H14BrN3O4. The molecule has 2 N–H and O–H groups in total. The summed E-state index contributed by atoms with van der Waals surface area (Å²) in [5.74, 6) is 0.140. The fourth-order valence-electron chi connectivity index (χ4n) is 1.73. The fraction of sp³-hybridized carbons (Fsp3) is 0.214. The Morgan fingerprint density at radius 2 is 2.27 bits per heavy atom. The highest BCUT2D eigenvalue weighted by atomic mass is 79.9. The third kappa shape index (κ3) is 4.68. The molecule has 1 amide bonds. The molecule has 0 unspecified atom stereocenters.